The highest BCUT2D eigenvalue weighted by Gasteiger charge is 2.30. The average molecular weight is 237 g/mol. The van der Waals surface area contributed by atoms with Crippen molar-refractivity contribution in [2.75, 3.05) is 17.6 Å². The molecule has 0 aliphatic heterocycles. The molecule has 2 saturated carbocycles. The van der Waals surface area contributed by atoms with Crippen molar-refractivity contribution in [3.05, 3.63) is 5.56 Å². The van der Waals surface area contributed by atoms with Crippen LogP contribution in [0.3, 0.4) is 0 Å². The Bertz CT molecular complexity index is 366. The highest BCUT2D eigenvalue weighted by Crippen LogP contribution is 2.47. The van der Waals surface area contributed by atoms with Gasteiger partial charge < -0.3 is 11.1 Å². The van der Waals surface area contributed by atoms with Crippen molar-refractivity contribution in [3.63, 3.8) is 0 Å². The van der Waals surface area contributed by atoms with E-state index in [-0.39, 0.29) is 0 Å². The number of nitrogen functional groups attached to an aromatic ring is 1. The average Bonchev–Trinajstić information content (AvgIpc) is 3.16. The van der Waals surface area contributed by atoms with Gasteiger partial charge in [0.15, 0.2) is 0 Å². The molecule has 3 rings (SSSR count). The highest BCUT2D eigenvalue weighted by molar-refractivity contribution is 7.10. The lowest BCUT2D eigenvalue weighted by atomic mass is 10.2. The summed E-state index contributed by atoms with van der Waals surface area (Å²) < 4.78 is 4.26. The van der Waals surface area contributed by atoms with Crippen molar-refractivity contribution >= 4 is 22.4 Å². The molecule has 0 radical (unpaired) electrons. The molecule has 1 aromatic rings. The Labute approximate surface area is 101 Å². The van der Waals surface area contributed by atoms with Crippen molar-refractivity contribution < 1.29 is 0 Å². The molecule has 2 fully saturated rings. The molecule has 4 heteroatoms. The van der Waals surface area contributed by atoms with Crippen molar-refractivity contribution in [1.29, 1.82) is 0 Å². The van der Waals surface area contributed by atoms with E-state index in [2.05, 4.69) is 9.69 Å². The van der Waals surface area contributed by atoms with Crippen LogP contribution in [0.1, 0.15) is 50.0 Å². The molecular weight excluding hydrogens is 218 g/mol. The zero-order valence-electron chi connectivity index (χ0n) is 9.54. The van der Waals surface area contributed by atoms with E-state index in [9.17, 15) is 0 Å². The largest absolute Gasteiger partial charge is 0.383 e. The number of nitrogens with one attached hydrogen (secondary N) is 1. The molecule has 3 N–H and O–H groups in total. The van der Waals surface area contributed by atoms with Gasteiger partial charge in [-0.3, -0.25) is 0 Å². The van der Waals surface area contributed by atoms with Crippen LogP contribution < -0.4 is 11.1 Å². The first-order chi connectivity index (χ1) is 7.84. The van der Waals surface area contributed by atoms with Gasteiger partial charge in [0.1, 0.15) is 10.8 Å². The number of hydrogen-bond acceptors (Lipinski definition) is 4. The van der Waals surface area contributed by atoms with Crippen LogP contribution in [0.15, 0.2) is 0 Å². The second-order valence-electron chi connectivity index (χ2n) is 5.10. The summed E-state index contributed by atoms with van der Waals surface area (Å²) in [5.74, 6) is 2.50. The lowest BCUT2D eigenvalue weighted by Crippen LogP contribution is -2.02. The molecule has 0 saturated heterocycles. The third-order valence-corrected chi connectivity index (χ3v) is 4.35. The van der Waals surface area contributed by atoms with Gasteiger partial charge in [0.05, 0.1) is 0 Å². The Morgan fingerprint density at radius 2 is 2.12 bits per heavy atom. The highest BCUT2D eigenvalue weighted by atomic mass is 32.1. The normalized spacial score (nSPS) is 20.0. The maximum Gasteiger partial charge on any atom is 0.142 e. The van der Waals surface area contributed by atoms with Crippen molar-refractivity contribution in [1.82, 2.24) is 4.37 Å². The van der Waals surface area contributed by atoms with Crippen LogP contribution in [0.5, 0.6) is 0 Å². The summed E-state index contributed by atoms with van der Waals surface area (Å²) in [6, 6.07) is 0. The molecule has 0 aromatic carbocycles. The van der Waals surface area contributed by atoms with E-state index in [0.29, 0.717) is 5.92 Å². The van der Waals surface area contributed by atoms with Gasteiger partial charge in [0.2, 0.25) is 0 Å². The Morgan fingerprint density at radius 3 is 2.81 bits per heavy atom. The summed E-state index contributed by atoms with van der Waals surface area (Å²) in [5, 5.41) is 4.75. The van der Waals surface area contributed by atoms with Gasteiger partial charge in [-0.1, -0.05) is 12.8 Å². The predicted octanol–water partition coefficient (Wildman–Crippen LogP) is 3.20. The fraction of sp³-hybridized carbons (Fsp3) is 0.750. The van der Waals surface area contributed by atoms with Crippen molar-refractivity contribution in [3.8, 4) is 0 Å². The number of hydrogen-bond donors (Lipinski definition) is 2. The third-order valence-electron chi connectivity index (χ3n) is 3.51. The second kappa shape index (κ2) is 4.24. The van der Waals surface area contributed by atoms with Gasteiger partial charge in [0.25, 0.3) is 0 Å². The number of nitrogens with zero attached hydrogens (tertiary/aromatic N) is 1. The smallest absolute Gasteiger partial charge is 0.142 e. The van der Waals surface area contributed by atoms with Crippen LogP contribution in [-0.2, 0) is 0 Å². The fourth-order valence-electron chi connectivity index (χ4n) is 2.20. The van der Waals surface area contributed by atoms with Gasteiger partial charge in [-0.15, -0.1) is 0 Å². The first-order valence-corrected chi connectivity index (χ1v) is 7.11. The first kappa shape index (κ1) is 10.4. The fourth-order valence-corrected chi connectivity index (χ4v) is 3.03. The molecule has 0 spiro atoms. The van der Waals surface area contributed by atoms with Gasteiger partial charge in [-0.05, 0) is 49.1 Å². The molecule has 0 amide bonds. The van der Waals surface area contributed by atoms with Gasteiger partial charge in [-0.25, -0.2) is 0 Å². The first-order valence-electron chi connectivity index (χ1n) is 6.33. The quantitative estimate of drug-likeness (QED) is 0.747. The summed E-state index contributed by atoms with van der Waals surface area (Å²) >= 11 is 1.53. The summed E-state index contributed by atoms with van der Waals surface area (Å²) in [5.41, 5.74) is 7.21. The van der Waals surface area contributed by atoms with E-state index in [1.807, 2.05) is 0 Å². The molecule has 0 bridgehead atoms. The predicted molar refractivity (Wildman–Crippen MR) is 68.9 cm³/mol. The monoisotopic (exact) mass is 237 g/mol. The van der Waals surface area contributed by atoms with Crippen LogP contribution in [0.4, 0.5) is 10.8 Å². The molecule has 3 nitrogen and oxygen atoms in total. The maximum absolute atomic E-state index is 5.90. The molecule has 0 unspecified atom stereocenters. The molecule has 2 aliphatic rings. The summed E-state index contributed by atoms with van der Waals surface area (Å²) in [6.07, 6.45) is 8.17. The Balaban J connectivity index is 1.52. The minimum Gasteiger partial charge on any atom is -0.383 e. The number of rotatable bonds is 6. The maximum atomic E-state index is 5.90. The number of aromatic nitrogens is 1. The van der Waals surface area contributed by atoms with Crippen LogP contribution in [0, 0.1) is 5.92 Å². The zero-order valence-corrected chi connectivity index (χ0v) is 10.4. The van der Waals surface area contributed by atoms with E-state index in [0.717, 1.165) is 18.3 Å². The van der Waals surface area contributed by atoms with Crippen LogP contribution in [0.2, 0.25) is 0 Å². The van der Waals surface area contributed by atoms with E-state index in [1.54, 1.807) is 0 Å². The van der Waals surface area contributed by atoms with Gasteiger partial charge >= 0.3 is 0 Å². The SMILES string of the molecule is Nc1nsc(NCCCC2CC2)c1C1CC1. The lowest BCUT2D eigenvalue weighted by Gasteiger charge is -2.05. The second-order valence-corrected chi connectivity index (χ2v) is 5.87. The lowest BCUT2D eigenvalue weighted by molar-refractivity contribution is 0.687. The zero-order chi connectivity index (χ0) is 11.0. The molecule has 1 heterocycles. The summed E-state index contributed by atoms with van der Waals surface area (Å²) in [6.45, 7) is 1.08. The van der Waals surface area contributed by atoms with E-state index in [1.165, 1.54) is 60.6 Å². The minimum atomic E-state index is 0.699. The Morgan fingerprint density at radius 1 is 1.31 bits per heavy atom. The molecule has 88 valence electrons. The van der Waals surface area contributed by atoms with Crippen molar-refractivity contribution in [2.24, 2.45) is 5.92 Å². The minimum absolute atomic E-state index is 0.699. The van der Waals surface area contributed by atoms with E-state index in [4.69, 9.17) is 5.73 Å². The number of anilines is 2. The van der Waals surface area contributed by atoms with Crippen LogP contribution in [-0.4, -0.2) is 10.9 Å². The standard InChI is InChI=1S/C12H19N3S/c13-11-10(9-5-6-9)12(16-15-11)14-7-1-2-8-3-4-8/h8-9,14H,1-7H2,(H2,13,15). The van der Waals surface area contributed by atoms with E-state index >= 15 is 0 Å². The van der Waals surface area contributed by atoms with Crippen molar-refractivity contribution in [2.45, 2.75) is 44.4 Å². The third kappa shape index (κ3) is 2.32. The molecule has 2 aliphatic carbocycles. The molecular formula is C12H19N3S. The molecule has 16 heavy (non-hydrogen) atoms. The van der Waals surface area contributed by atoms with Crippen LogP contribution >= 0.6 is 11.5 Å². The Hall–Kier alpha value is -0.770. The van der Waals surface area contributed by atoms with Gasteiger partial charge in [0, 0.05) is 12.1 Å². The molecule has 1 aromatic heterocycles. The van der Waals surface area contributed by atoms with Gasteiger partial charge in [-0.2, -0.15) is 4.37 Å². The van der Waals surface area contributed by atoms with Crippen LogP contribution in [0.25, 0.3) is 0 Å². The number of nitrogens with two attached hydrogens (primary N) is 1. The summed E-state index contributed by atoms with van der Waals surface area (Å²) in [4.78, 5) is 0. The Kier molecular flexibility index (Phi) is 2.75. The van der Waals surface area contributed by atoms with E-state index < -0.39 is 0 Å². The summed E-state index contributed by atoms with van der Waals surface area (Å²) in [7, 11) is 0. The topological polar surface area (TPSA) is 50.9 Å². The molecule has 0 atom stereocenters.